The van der Waals surface area contributed by atoms with Crippen LogP contribution in [0.2, 0.25) is 5.02 Å². The predicted octanol–water partition coefficient (Wildman–Crippen LogP) is 2.08. The predicted molar refractivity (Wildman–Crippen MR) is 77.8 cm³/mol. The molecule has 0 spiro atoms. The van der Waals surface area contributed by atoms with Crippen LogP contribution >= 0.6 is 11.6 Å². The van der Waals surface area contributed by atoms with E-state index in [2.05, 4.69) is 20.7 Å². The van der Waals surface area contributed by atoms with E-state index in [9.17, 15) is 10.1 Å². The van der Waals surface area contributed by atoms with Crippen molar-refractivity contribution >= 4 is 34.7 Å². The monoisotopic (exact) mass is 310 g/mol. The second kappa shape index (κ2) is 6.20. The lowest BCUT2D eigenvalue weighted by atomic mass is 10.3. The van der Waals surface area contributed by atoms with Crippen LogP contribution in [-0.2, 0) is 0 Å². The smallest absolute Gasteiger partial charge is 0.329 e. The molecule has 110 valence electrons. The maximum absolute atomic E-state index is 11.0. The molecule has 0 aliphatic heterocycles. The average molecular weight is 311 g/mol. The first-order chi connectivity index (χ1) is 10.0. The lowest BCUT2D eigenvalue weighted by Gasteiger charge is -2.09. The molecule has 0 aliphatic carbocycles. The van der Waals surface area contributed by atoms with E-state index in [1.54, 1.807) is 18.2 Å². The zero-order chi connectivity index (χ0) is 15.4. The molecule has 2 aromatic rings. The van der Waals surface area contributed by atoms with Gasteiger partial charge in [0, 0.05) is 5.69 Å². The maximum atomic E-state index is 11.0. The molecule has 0 saturated heterocycles. The minimum atomic E-state index is -0.603. The molecule has 0 unspecified atom stereocenters. The summed E-state index contributed by atoms with van der Waals surface area (Å²) in [7, 11) is 1.49. The van der Waals surface area contributed by atoms with Crippen LogP contribution in [0.1, 0.15) is 0 Å². The van der Waals surface area contributed by atoms with Gasteiger partial charge in [0.15, 0.2) is 0 Å². The molecule has 21 heavy (non-hydrogen) atoms. The van der Waals surface area contributed by atoms with Gasteiger partial charge in [-0.25, -0.2) is 10.8 Å². The summed E-state index contributed by atoms with van der Waals surface area (Å²) >= 11 is 5.99. The van der Waals surface area contributed by atoms with Gasteiger partial charge in [-0.1, -0.05) is 11.6 Å². The highest BCUT2D eigenvalue weighted by atomic mass is 35.5. The van der Waals surface area contributed by atoms with E-state index >= 15 is 0 Å². The van der Waals surface area contributed by atoms with Gasteiger partial charge in [-0.05, 0) is 18.2 Å². The third kappa shape index (κ3) is 3.27. The number of hydrazine groups is 1. The Bertz CT molecular complexity index is 681. The Hall–Kier alpha value is -2.65. The summed E-state index contributed by atoms with van der Waals surface area (Å²) in [4.78, 5) is 18.0. The highest BCUT2D eigenvalue weighted by Gasteiger charge is 2.17. The largest absolute Gasteiger partial charge is 0.495 e. The fraction of sp³-hybridized carbons (Fsp3) is 0.0909. The SMILES string of the molecule is COc1ccc(Nc2nc(NN)ncc2[N+](=O)[O-])cc1Cl. The summed E-state index contributed by atoms with van der Waals surface area (Å²) in [5.41, 5.74) is 2.43. The van der Waals surface area contributed by atoms with Crippen molar-refractivity contribution in [3.63, 3.8) is 0 Å². The highest BCUT2D eigenvalue weighted by molar-refractivity contribution is 6.32. The number of nitrogens with one attached hydrogen (secondary N) is 2. The number of benzene rings is 1. The zero-order valence-electron chi connectivity index (χ0n) is 10.8. The molecule has 0 fully saturated rings. The van der Waals surface area contributed by atoms with Crippen molar-refractivity contribution in [1.29, 1.82) is 0 Å². The third-order valence-electron chi connectivity index (χ3n) is 2.51. The van der Waals surface area contributed by atoms with Crippen molar-refractivity contribution in [3.8, 4) is 5.75 Å². The molecule has 0 aliphatic rings. The molecule has 9 nitrogen and oxygen atoms in total. The molecule has 1 heterocycles. The van der Waals surface area contributed by atoms with Crippen LogP contribution in [0.4, 0.5) is 23.1 Å². The molecule has 0 bridgehead atoms. The average Bonchev–Trinajstić information content (AvgIpc) is 2.47. The first-order valence-corrected chi connectivity index (χ1v) is 6.01. The molecule has 2 rings (SSSR count). The number of aromatic nitrogens is 2. The fourth-order valence-corrected chi connectivity index (χ4v) is 1.81. The van der Waals surface area contributed by atoms with Gasteiger partial charge in [0.1, 0.15) is 11.9 Å². The van der Waals surface area contributed by atoms with Crippen molar-refractivity contribution in [1.82, 2.24) is 9.97 Å². The molecule has 0 radical (unpaired) electrons. The summed E-state index contributed by atoms with van der Waals surface area (Å²) in [6, 6.07) is 4.83. The van der Waals surface area contributed by atoms with Gasteiger partial charge in [-0.15, -0.1) is 0 Å². The first kappa shape index (κ1) is 14.8. The number of halogens is 1. The number of hydrogen-bond donors (Lipinski definition) is 3. The number of nitrogens with two attached hydrogens (primary N) is 1. The zero-order valence-corrected chi connectivity index (χ0v) is 11.6. The third-order valence-corrected chi connectivity index (χ3v) is 2.81. The van der Waals surface area contributed by atoms with Crippen LogP contribution in [0.3, 0.4) is 0 Å². The number of nitro groups is 1. The van der Waals surface area contributed by atoms with Crippen LogP contribution in [-0.4, -0.2) is 22.0 Å². The number of hydrogen-bond acceptors (Lipinski definition) is 8. The normalized spacial score (nSPS) is 10.0. The summed E-state index contributed by atoms with van der Waals surface area (Å²) in [6.45, 7) is 0. The number of methoxy groups -OCH3 is 1. The van der Waals surface area contributed by atoms with Gasteiger partial charge in [-0.2, -0.15) is 4.98 Å². The number of nitrogen functional groups attached to an aromatic ring is 1. The summed E-state index contributed by atoms with van der Waals surface area (Å²) in [5.74, 6) is 5.71. The summed E-state index contributed by atoms with van der Waals surface area (Å²) < 4.78 is 5.03. The Kier molecular flexibility index (Phi) is 4.36. The molecule has 0 saturated carbocycles. The Morgan fingerprint density at radius 2 is 2.24 bits per heavy atom. The Morgan fingerprint density at radius 3 is 2.81 bits per heavy atom. The highest BCUT2D eigenvalue weighted by Crippen LogP contribution is 2.31. The standard InChI is InChI=1S/C11H11ClN6O3/c1-21-9-3-2-6(4-7(9)12)15-10-8(18(19)20)5-14-11(16-10)17-13/h2-5H,13H2,1H3,(H2,14,15,16,17). The quantitative estimate of drug-likeness (QED) is 0.435. The minimum Gasteiger partial charge on any atom is -0.495 e. The molecular weight excluding hydrogens is 300 g/mol. The Labute approximate surface area is 124 Å². The van der Waals surface area contributed by atoms with Crippen molar-refractivity contribution < 1.29 is 9.66 Å². The van der Waals surface area contributed by atoms with Crippen molar-refractivity contribution in [2.45, 2.75) is 0 Å². The fourth-order valence-electron chi connectivity index (χ4n) is 1.55. The molecule has 1 aromatic heterocycles. The lowest BCUT2D eigenvalue weighted by molar-refractivity contribution is -0.384. The van der Waals surface area contributed by atoms with E-state index in [0.29, 0.717) is 16.5 Å². The van der Waals surface area contributed by atoms with Crippen LogP contribution in [0, 0.1) is 10.1 Å². The number of nitrogens with zero attached hydrogens (tertiary/aromatic N) is 3. The maximum Gasteiger partial charge on any atom is 0.329 e. The molecule has 10 heteroatoms. The second-order valence-corrected chi connectivity index (χ2v) is 4.21. The minimum absolute atomic E-state index is 0.0100. The number of anilines is 3. The van der Waals surface area contributed by atoms with Crippen LogP contribution in [0.5, 0.6) is 5.75 Å². The summed E-state index contributed by atoms with van der Waals surface area (Å²) in [5, 5.41) is 14.1. The van der Waals surface area contributed by atoms with Gasteiger partial charge in [0.2, 0.25) is 11.8 Å². The van der Waals surface area contributed by atoms with Gasteiger partial charge >= 0.3 is 5.69 Å². The molecule has 1 aromatic carbocycles. The van der Waals surface area contributed by atoms with Gasteiger partial charge in [0.25, 0.3) is 0 Å². The van der Waals surface area contributed by atoms with Crippen LogP contribution in [0.25, 0.3) is 0 Å². The molecule has 4 N–H and O–H groups in total. The van der Waals surface area contributed by atoms with Crippen LogP contribution < -0.4 is 21.3 Å². The molecule has 0 amide bonds. The van der Waals surface area contributed by atoms with Crippen molar-refractivity contribution in [2.75, 3.05) is 17.9 Å². The van der Waals surface area contributed by atoms with Gasteiger partial charge < -0.3 is 10.1 Å². The Balaban J connectivity index is 2.37. The van der Waals surface area contributed by atoms with E-state index < -0.39 is 4.92 Å². The second-order valence-electron chi connectivity index (χ2n) is 3.80. The van der Waals surface area contributed by atoms with Crippen molar-refractivity contribution in [3.05, 3.63) is 39.5 Å². The van der Waals surface area contributed by atoms with E-state index in [0.717, 1.165) is 6.20 Å². The first-order valence-electron chi connectivity index (χ1n) is 5.63. The van der Waals surface area contributed by atoms with E-state index in [-0.39, 0.29) is 17.5 Å². The van der Waals surface area contributed by atoms with Crippen LogP contribution in [0.15, 0.2) is 24.4 Å². The van der Waals surface area contributed by atoms with Gasteiger partial charge in [0.05, 0.1) is 17.1 Å². The Morgan fingerprint density at radius 1 is 1.48 bits per heavy atom. The molecular formula is C11H11ClN6O3. The van der Waals surface area contributed by atoms with Crippen molar-refractivity contribution in [2.24, 2.45) is 5.84 Å². The molecule has 0 atom stereocenters. The van der Waals surface area contributed by atoms with E-state index in [4.69, 9.17) is 22.2 Å². The summed E-state index contributed by atoms with van der Waals surface area (Å²) in [6.07, 6.45) is 1.05. The number of rotatable bonds is 5. The van der Waals surface area contributed by atoms with Gasteiger partial charge in [-0.3, -0.25) is 15.5 Å². The van der Waals surface area contributed by atoms with E-state index in [1.165, 1.54) is 7.11 Å². The number of ether oxygens (including phenoxy) is 1. The van der Waals surface area contributed by atoms with E-state index in [1.807, 2.05) is 0 Å². The lowest BCUT2D eigenvalue weighted by Crippen LogP contribution is -2.12. The topological polar surface area (TPSA) is 128 Å².